The Morgan fingerprint density at radius 1 is 1.35 bits per heavy atom. The van der Waals surface area contributed by atoms with E-state index in [-0.39, 0.29) is 11.9 Å². The van der Waals surface area contributed by atoms with E-state index in [0.29, 0.717) is 24.6 Å². The zero-order valence-corrected chi connectivity index (χ0v) is 15.6. The Morgan fingerprint density at radius 3 is 2.92 bits per heavy atom. The quantitative estimate of drug-likeness (QED) is 0.713. The molecular formula is C19H20N4O2S. The molecule has 0 spiro atoms. The number of rotatable bonds is 3. The molecule has 1 atom stereocenters. The average molecular weight is 368 g/mol. The van der Waals surface area contributed by atoms with Gasteiger partial charge in [0.1, 0.15) is 17.2 Å². The lowest BCUT2D eigenvalue weighted by Gasteiger charge is -2.29. The molecule has 1 aliphatic rings. The van der Waals surface area contributed by atoms with Gasteiger partial charge in [0.05, 0.1) is 29.6 Å². The summed E-state index contributed by atoms with van der Waals surface area (Å²) >= 11 is 1.45. The molecule has 0 saturated carbocycles. The molecule has 0 saturated heterocycles. The van der Waals surface area contributed by atoms with Gasteiger partial charge < -0.3 is 14.2 Å². The number of nitrogens with zero attached hydrogens (tertiary/aromatic N) is 4. The second-order valence-electron chi connectivity index (χ2n) is 6.41. The fourth-order valence-corrected chi connectivity index (χ4v) is 4.13. The van der Waals surface area contributed by atoms with Gasteiger partial charge in [0, 0.05) is 24.5 Å². The molecule has 0 N–H and O–H groups in total. The van der Waals surface area contributed by atoms with Gasteiger partial charge in [0.2, 0.25) is 0 Å². The molecule has 1 aromatic carbocycles. The lowest BCUT2D eigenvalue weighted by molar-refractivity contribution is 0.0602. The van der Waals surface area contributed by atoms with Gasteiger partial charge in [-0.05, 0) is 19.9 Å². The molecule has 3 heterocycles. The van der Waals surface area contributed by atoms with Crippen molar-refractivity contribution in [3.63, 3.8) is 0 Å². The molecule has 3 aromatic rings. The van der Waals surface area contributed by atoms with Gasteiger partial charge in [0.25, 0.3) is 5.91 Å². The predicted molar refractivity (Wildman–Crippen MR) is 99.4 cm³/mol. The van der Waals surface area contributed by atoms with Crippen LogP contribution in [0.15, 0.2) is 43.0 Å². The highest BCUT2D eigenvalue weighted by Crippen LogP contribution is 2.28. The Bertz CT molecular complexity index is 920. The molecule has 6 nitrogen and oxygen atoms in total. The zero-order valence-electron chi connectivity index (χ0n) is 14.8. The first-order valence-electron chi connectivity index (χ1n) is 8.53. The van der Waals surface area contributed by atoms with Crippen LogP contribution in [0.3, 0.4) is 0 Å². The molecule has 0 fully saturated rings. The van der Waals surface area contributed by atoms with Gasteiger partial charge in [-0.1, -0.05) is 18.2 Å². The van der Waals surface area contributed by atoms with E-state index >= 15 is 0 Å². The average Bonchev–Trinajstić information content (AvgIpc) is 3.21. The van der Waals surface area contributed by atoms with Crippen molar-refractivity contribution < 1.29 is 9.53 Å². The van der Waals surface area contributed by atoms with Crippen LogP contribution < -0.4 is 4.74 Å². The fraction of sp³-hybridized carbons (Fsp3) is 0.316. The number of aryl methyl sites for hydroxylation is 2. The minimum atomic E-state index is -0.0918. The van der Waals surface area contributed by atoms with E-state index < -0.39 is 0 Å². The smallest absolute Gasteiger partial charge is 0.266 e. The van der Waals surface area contributed by atoms with Crippen LogP contribution in [0.5, 0.6) is 5.75 Å². The van der Waals surface area contributed by atoms with E-state index in [1.54, 1.807) is 12.5 Å². The van der Waals surface area contributed by atoms with Gasteiger partial charge in [-0.2, -0.15) is 0 Å². The second kappa shape index (κ2) is 6.92. The van der Waals surface area contributed by atoms with Gasteiger partial charge in [-0.3, -0.25) is 4.79 Å². The molecular weight excluding hydrogens is 348 g/mol. The first-order valence-corrected chi connectivity index (χ1v) is 9.35. The van der Waals surface area contributed by atoms with E-state index in [9.17, 15) is 4.79 Å². The molecule has 7 heteroatoms. The Kier molecular flexibility index (Phi) is 4.46. The molecule has 26 heavy (non-hydrogen) atoms. The Morgan fingerprint density at radius 2 is 2.19 bits per heavy atom. The van der Waals surface area contributed by atoms with Gasteiger partial charge in [-0.25, -0.2) is 9.97 Å². The van der Waals surface area contributed by atoms with Crippen LogP contribution in [0.4, 0.5) is 0 Å². The van der Waals surface area contributed by atoms with E-state index in [4.69, 9.17) is 4.74 Å². The van der Waals surface area contributed by atoms with Crippen molar-refractivity contribution in [1.82, 2.24) is 19.4 Å². The number of hydrogen-bond donors (Lipinski definition) is 0. The van der Waals surface area contributed by atoms with Crippen molar-refractivity contribution >= 4 is 17.2 Å². The molecule has 4 rings (SSSR count). The summed E-state index contributed by atoms with van der Waals surface area (Å²) in [7, 11) is 0. The van der Waals surface area contributed by atoms with Crippen molar-refractivity contribution in [1.29, 1.82) is 0 Å². The summed E-state index contributed by atoms with van der Waals surface area (Å²) < 4.78 is 8.00. The molecule has 1 aliphatic heterocycles. The third kappa shape index (κ3) is 3.22. The number of aromatic nitrogens is 3. The summed E-state index contributed by atoms with van der Waals surface area (Å²) in [5.74, 6) is 0.856. The third-order valence-corrected chi connectivity index (χ3v) is 5.59. The first-order chi connectivity index (χ1) is 12.6. The number of para-hydroxylation sites is 1. The Hall–Kier alpha value is -2.67. The standard InChI is InChI=1S/C19H20N4O2S/c1-13-18(26-14(2)21-13)19(24)23-9-15-5-3-4-6-17(15)25-11-16(23)10-22-8-7-20-12-22/h3-8,12,16H,9-11H2,1-2H3. The van der Waals surface area contributed by atoms with Crippen LogP contribution in [-0.2, 0) is 13.1 Å². The minimum absolute atomic E-state index is 0.0125. The first kappa shape index (κ1) is 16.8. The van der Waals surface area contributed by atoms with Crippen LogP contribution in [0.1, 0.15) is 25.9 Å². The number of carbonyl (C=O) groups is 1. The molecule has 2 aromatic heterocycles. The fourth-order valence-electron chi connectivity index (χ4n) is 3.25. The maximum absolute atomic E-state index is 13.4. The van der Waals surface area contributed by atoms with Crippen LogP contribution in [0, 0.1) is 13.8 Å². The molecule has 0 bridgehead atoms. The highest BCUT2D eigenvalue weighted by molar-refractivity contribution is 7.13. The maximum atomic E-state index is 13.4. The summed E-state index contributed by atoms with van der Waals surface area (Å²) in [5.41, 5.74) is 1.81. The van der Waals surface area contributed by atoms with E-state index in [1.165, 1.54) is 11.3 Å². The SMILES string of the molecule is Cc1nc(C)c(C(=O)N2Cc3ccccc3OCC2Cn2ccnc2)s1. The predicted octanol–water partition coefficient (Wildman–Crippen LogP) is 3.06. The van der Waals surface area contributed by atoms with Gasteiger partial charge in [0.15, 0.2) is 0 Å². The van der Waals surface area contributed by atoms with Crippen molar-refractivity contribution in [2.24, 2.45) is 0 Å². The number of fused-ring (bicyclic) bond motifs is 1. The van der Waals surface area contributed by atoms with E-state index in [2.05, 4.69) is 9.97 Å². The minimum Gasteiger partial charge on any atom is -0.491 e. The van der Waals surface area contributed by atoms with Crippen LogP contribution in [-0.4, -0.2) is 38.0 Å². The Balaban J connectivity index is 1.69. The normalized spacial score (nSPS) is 16.7. The number of thiazole rings is 1. The van der Waals surface area contributed by atoms with Crippen LogP contribution in [0.25, 0.3) is 0 Å². The largest absolute Gasteiger partial charge is 0.491 e. The Labute approximate surface area is 156 Å². The number of benzene rings is 1. The van der Waals surface area contributed by atoms with Crippen molar-refractivity contribution in [2.45, 2.75) is 33.0 Å². The summed E-state index contributed by atoms with van der Waals surface area (Å²) in [6.07, 6.45) is 5.42. The summed E-state index contributed by atoms with van der Waals surface area (Å²) in [4.78, 5) is 24.5. The monoisotopic (exact) mass is 368 g/mol. The second-order valence-corrected chi connectivity index (χ2v) is 7.62. The lowest BCUT2D eigenvalue weighted by Crippen LogP contribution is -2.44. The van der Waals surface area contributed by atoms with Gasteiger partial charge in [-0.15, -0.1) is 11.3 Å². The maximum Gasteiger partial charge on any atom is 0.266 e. The highest BCUT2D eigenvalue weighted by Gasteiger charge is 2.31. The molecule has 134 valence electrons. The summed E-state index contributed by atoms with van der Waals surface area (Å²) in [5, 5.41) is 0.906. The highest BCUT2D eigenvalue weighted by atomic mass is 32.1. The van der Waals surface area contributed by atoms with Crippen LogP contribution >= 0.6 is 11.3 Å². The van der Waals surface area contributed by atoms with Gasteiger partial charge >= 0.3 is 0 Å². The molecule has 0 radical (unpaired) electrons. The van der Waals surface area contributed by atoms with E-state index in [0.717, 1.165) is 22.0 Å². The van der Waals surface area contributed by atoms with Crippen molar-refractivity contribution in [3.05, 3.63) is 64.1 Å². The number of imidazole rings is 1. The molecule has 0 aliphatic carbocycles. The number of amides is 1. The lowest BCUT2D eigenvalue weighted by atomic mass is 10.1. The summed E-state index contributed by atoms with van der Waals surface area (Å²) in [6.45, 7) is 5.42. The van der Waals surface area contributed by atoms with Crippen molar-refractivity contribution in [3.8, 4) is 5.75 Å². The molecule has 1 unspecified atom stereocenters. The number of ether oxygens (including phenoxy) is 1. The third-order valence-electron chi connectivity index (χ3n) is 4.52. The number of carbonyl (C=O) groups excluding carboxylic acids is 1. The number of hydrogen-bond acceptors (Lipinski definition) is 5. The van der Waals surface area contributed by atoms with Crippen LogP contribution in [0.2, 0.25) is 0 Å². The summed E-state index contributed by atoms with van der Waals surface area (Å²) in [6, 6.07) is 7.81. The zero-order chi connectivity index (χ0) is 18.1. The van der Waals surface area contributed by atoms with Crippen molar-refractivity contribution in [2.75, 3.05) is 6.61 Å². The molecule has 1 amide bonds. The van der Waals surface area contributed by atoms with E-state index in [1.807, 2.05) is 53.8 Å². The topological polar surface area (TPSA) is 60.3 Å².